The SMILES string of the molecule is N/C(=N\OCc1cccc(Cl)c1)c1cn(Cc2ccccc2)nn1. The molecular weight excluding hydrogens is 326 g/mol. The molecule has 7 heteroatoms. The zero-order valence-electron chi connectivity index (χ0n) is 12.8. The van der Waals surface area contributed by atoms with Crippen molar-refractivity contribution in [3.63, 3.8) is 0 Å². The Bertz CT molecular complexity index is 832. The van der Waals surface area contributed by atoms with E-state index >= 15 is 0 Å². The Labute approximate surface area is 144 Å². The molecule has 0 aliphatic carbocycles. The van der Waals surface area contributed by atoms with Gasteiger partial charge in [0.15, 0.2) is 11.5 Å². The maximum atomic E-state index is 5.91. The third kappa shape index (κ3) is 4.33. The van der Waals surface area contributed by atoms with Crippen LogP contribution in [-0.4, -0.2) is 20.8 Å². The molecule has 1 heterocycles. The first-order valence-corrected chi connectivity index (χ1v) is 7.73. The summed E-state index contributed by atoms with van der Waals surface area (Å²) in [6.45, 7) is 0.893. The summed E-state index contributed by atoms with van der Waals surface area (Å²) in [4.78, 5) is 5.25. The number of nitrogens with zero attached hydrogens (tertiary/aromatic N) is 4. The number of benzene rings is 2. The highest BCUT2D eigenvalue weighted by molar-refractivity contribution is 6.30. The highest BCUT2D eigenvalue weighted by Gasteiger charge is 2.06. The number of halogens is 1. The lowest BCUT2D eigenvalue weighted by Gasteiger charge is -2.01. The quantitative estimate of drug-likeness (QED) is 0.425. The molecule has 122 valence electrons. The summed E-state index contributed by atoms with van der Waals surface area (Å²) in [6.07, 6.45) is 1.73. The summed E-state index contributed by atoms with van der Waals surface area (Å²) in [5, 5.41) is 12.6. The van der Waals surface area contributed by atoms with Gasteiger partial charge in [-0.15, -0.1) is 5.10 Å². The number of hydrogen-bond donors (Lipinski definition) is 1. The van der Waals surface area contributed by atoms with Gasteiger partial charge < -0.3 is 10.6 Å². The average Bonchev–Trinajstić information content (AvgIpc) is 3.04. The summed E-state index contributed by atoms with van der Waals surface area (Å²) in [5.41, 5.74) is 8.38. The van der Waals surface area contributed by atoms with E-state index in [-0.39, 0.29) is 12.4 Å². The minimum atomic E-state index is 0.177. The van der Waals surface area contributed by atoms with Crippen LogP contribution in [0.1, 0.15) is 16.8 Å². The standard InChI is InChI=1S/C17H16ClN5O/c18-15-8-4-7-14(9-15)12-24-21-17(19)16-11-23(22-20-16)10-13-5-2-1-3-6-13/h1-9,11H,10,12H2,(H2,19,21). The van der Waals surface area contributed by atoms with Gasteiger partial charge in [0.2, 0.25) is 0 Å². The Morgan fingerprint density at radius 1 is 1.12 bits per heavy atom. The molecule has 6 nitrogen and oxygen atoms in total. The van der Waals surface area contributed by atoms with E-state index in [1.54, 1.807) is 16.9 Å². The van der Waals surface area contributed by atoms with Crippen LogP contribution in [0.3, 0.4) is 0 Å². The van der Waals surface area contributed by atoms with Gasteiger partial charge in [0.25, 0.3) is 0 Å². The van der Waals surface area contributed by atoms with Gasteiger partial charge in [-0.05, 0) is 23.3 Å². The normalized spacial score (nSPS) is 11.5. The van der Waals surface area contributed by atoms with Crippen LogP contribution in [0.15, 0.2) is 65.9 Å². The zero-order chi connectivity index (χ0) is 16.8. The van der Waals surface area contributed by atoms with Gasteiger partial charge in [0, 0.05) is 5.02 Å². The number of aromatic nitrogens is 3. The van der Waals surface area contributed by atoms with Crippen molar-refractivity contribution in [2.45, 2.75) is 13.2 Å². The van der Waals surface area contributed by atoms with Crippen molar-refractivity contribution < 1.29 is 4.84 Å². The molecule has 2 N–H and O–H groups in total. The minimum absolute atomic E-state index is 0.177. The number of amidine groups is 1. The third-order valence-electron chi connectivity index (χ3n) is 3.27. The lowest BCUT2D eigenvalue weighted by Crippen LogP contribution is -2.14. The lowest BCUT2D eigenvalue weighted by atomic mass is 10.2. The van der Waals surface area contributed by atoms with Crippen LogP contribution in [0, 0.1) is 0 Å². The van der Waals surface area contributed by atoms with Crippen molar-refractivity contribution in [1.82, 2.24) is 15.0 Å². The molecule has 0 atom stereocenters. The molecule has 3 aromatic rings. The van der Waals surface area contributed by atoms with Crippen molar-refractivity contribution in [2.24, 2.45) is 10.9 Å². The second-order valence-electron chi connectivity index (χ2n) is 5.17. The van der Waals surface area contributed by atoms with Crippen molar-refractivity contribution in [3.05, 3.63) is 82.6 Å². The summed E-state index contributed by atoms with van der Waals surface area (Å²) in [6, 6.07) is 17.3. The summed E-state index contributed by atoms with van der Waals surface area (Å²) in [5.74, 6) is 0.177. The Hall–Kier alpha value is -2.86. The fraction of sp³-hybridized carbons (Fsp3) is 0.118. The van der Waals surface area contributed by atoms with Gasteiger partial charge in [-0.1, -0.05) is 64.4 Å². The Morgan fingerprint density at radius 3 is 2.71 bits per heavy atom. The Kier molecular flexibility index (Phi) is 5.08. The van der Waals surface area contributed by atoms with Crippen LogP contribution in [0.25, 0.3) is 0 Å². The first-order chi connectivity index (χ1) is 11.7. The highest BCUT2D eigenvalue weighted by atomic mass is 35.5. The molecule has 0 spiro atoms. The maximum absolute atomic E-state index is 5.91. The summed E-state index contributed by atoms with van der Waals surface area (Å²) in [7, 11) is 0. The van der Waals surface area contributed by atoms with Gasteiger partial charge in [0.05, 0.1) is 12.7 Å². The fourth-order valence-electron chi connectivity index (χ4n) is 2.11. The molecule has 0 aliphatic heterocycles. The van der Waals surface area contributed by atoms with E-state index in [0.717, 1.165) is 11.1 Å². The molecule has 0 unspecified atom stereocenters. The Morgan fingerprint density at radius 2 is 1.92 bits per heavy atom. The molecule has 2 aromatic carbocycles. The smallest absolute Gasteiger partial charge is 0.192 e. The average molecular weight is 342 g/mol. The van der Waals surface area contributed by atoms with Gasteiger partial charge in [-0.3, -0.25) is 0 Å². The summed E-state index contributed by atoms with van der Waals surface area (Å²) < 4.78 is 1.70. The highest BCUT2D eigenvalue weighted by Crippen LogP contribution is 2.11. The molecule has 0 fully saturated rings. The lowest BCUT2D eigenvalue weighted by molar-refractivity contribution is 0.130. The van der Waals surface area contributed by atoms with Crippen molar-refractivity contribution >= 4 is 17.4 Å². The first-order valence-electron chi connectivity index (χ1n) is 7.35. The molecule has 0 aliphatic rings. The van der Waals surface area contributed by atoms with Gasteiger partial charge >= 0.3 is 0 Å². The molecule has 0 amide bonds. The predicted octanol–water partition coefficient (Wildman–Crippen LogP) is 2.82. The molecule has 3 rings (SSSR count). The van der Waals surface area contributed by atoms with Gasteiger partial charge in [-0.2, -0.15) is 0 Å². The largest absolute Gasteiger partial charge is 0.389 e. The van der Waals surface area contributed by atoms with E-state index in [9.17, 15) is 0 Å². The molecule has 0 bridgehead atoms. The second-order valence-corrected chi connectivity index (χ2v) is 5.60. The molecule has 24 heavy (non-hydrogen) atoms. The van der Waals surface area contributed by atoms with Crippen LogP contribution in [-0.2, 0) is 18.0 Å². The van der Waals surface area contributed by atoms with E-state index in [1.165, 1.54) is 0 Å². The summed E-state index contributed by atoms with van der Waals surface area (Å²) >= 11 is 5.91. The van der Waals surface area contributed by atoms with Crippen LogP contribution < -0.4 is 5.73 Å². The molecular formula is C17H16ClN5O. The monoisotopic (exact) mass is 341 g/mol. The molecule has 0 radical (unpaired) electrons. The van der Waals surface area contributed by atoms with Crippen LogP contribution >= 0.6 is 11.6 Å². The number of rotatable bonds is 6. The van der Waals surface area contributed by atoms with Crippen molar-refractivity contribution in [2.75, 3.05) is 0 Å². The topological polar surface area (TPSA) is 78.3 Å². The van der Waals surface area contributed by atoms with Gasteiger partial charge in [-0.25, -0.2) is 4.68 Å². The number of nitrogens with two attached hydrogens (primary N) is 1. The second kappa shape index (κ2) is 7.61. The van der Waals surface area contributed by atoms with Crippen LogP contribution in [0.4, 0.5) is 0 Å². The van der Waals surface area contributed by atoms with E-state index < -0.39 is 0 Å². The van der Waals surface area contributed by atoms with E-state index in [0.29, 0.717) is 17.3 Å². The van der Waals surface area contributed by atoms with Crippen LogP contribution in [0.5, 0.6) is 0 Å². The third-order valence-corrected chi connectivity index (χ3v) is 3.51. The van der Waals surface area contributed by atoms with E-state index in [1.807, 2.05) is 48.5 Å². The molecule has 1 aromatic heterocycles. The number of oxime groups is 1. The Balaban J connectivity index is 1.59. The number of hydrogen-bond acceptors (Lipinski definition) is 4. The van der Waals surface area contributed by atoms with Crippen molar-refractivity contribution in [3.8, 4) is 0 Å². The van der Waals surface area contributed by atoms with E-state index in [2.05, 4.69) is 15.5 Å². The minimum Gasteiger partial charge on any atom is -0.389 e. The van der Waals surface area contributed by atoms with Crippen LogP contribution in [0.2, 0.25) is 5.02 Å². The maximum Gasteiger partial charge on any atom is 0.192 e. The van der Waals surface area contributed by atoms with Gasteiger partial charge in [0.1, 0.15) is 6.61 Å². The first kappa shape index (κ1) is 16.0. The van der Waals surface area contributed by atoms with E-state index in [4.69, 9.17) is 22.2 Å². The fourth-order valence-corrected chi connectivity index (χ4v) is 2.33. The predicted molar refractivity (Wildman–Crippen MR) is 92.5 cm³/mol. The zero-order valence-corrected chi connectivity index (χ0v) is 13.6. The molecule has 0 saturated carbocycles. The van der Waals surface area contributed by atoms with Crippen molar-refractivity contribution in [1.29, 1.82) is 0 Å². The molecule has 0 saturated heterocycles.